The highest BCUT2D eigenvalue weighted by Gasteiger charge is 2.27. The molecule has 3 fully saturated rings. The minimum atomic E-state index is -0.0873. The lowest BCUT2D eigenvalue weighted by Crippen LogP contribution is -2.51. The molecule has 0 amide bonds. The molecular weight excluding hydrogens is 528 g/mol. The summed E-state index contributed by atoms with van der Waals surface area (Å²) in [4.78, 5) is 9.60. The summed E-state index contributed by atoms with van der Waals surface area (Å²) in [7, 11) is 1.88. The molecule has 7 heteroatoms. The summed E-state index contributed by atoms with van der Waals surface area (Å²) in [5, 5.41) is 7.26. The fraction of sp³-hybridized carbons (Fsp3) is 0.731. The fourth-order valence-electron chi connectivity index (χ4n) is 5.70. The van der Waals surface area contributed by atoms with Crippen LogP contribution in [0.3, 0.4) is 0 Å². The van der Waals surface area contributed by atoms with E-state index in [1.165, 1.54) is 58.0 Å². The maximum absolute atomic E-state index is 13.9. The van der Waals surface area contributed by atoms with Gasteiger partial charge < -0.3 is 15.5 Å². The van der Waals surface area contributed by atoms with Crippen molar-refractivity contribution in [1.29, 1.82) is 0 Å². The molecule has 2 saturated heterocycles. The molecule has 2 heterocycles. The van der Waals surface area contributed by atoms with Crippen LogP contribution >= 0.6 is 24.0 Å². The number of likely N-dealkylation sites (tertiary alicyclic amines) is 2. The zero-order valence-electron chi connectivity index (χ0n) is 20.3. The molecule has 33 heavy (non-hydrogen) atoms. The van der Waals surface area contributed by atoms with Crippen molar-refractivity contribution in [2.45, 2.75) is 76.4 Å². The predicted octanol–water partition coefficient (Wildman–Crippen LogP) is 4.62. The van der Waals surface area contributed by atoms with Crippen LogP contribution in [0.2, 0.25) is 0 Å². The van der Waals surface area contributed by atoms with Gasteiger partial charge in [0.15, 0.2) is 5.96 Å². The Morgan fingerprint density at radius 3 is 2.33 bits per heavy atom. The van der Waals surface area contributed by atoms with E-state index in [9.17, 15) is 4.39 Å². The van der Waals surface area contributed by atoms with Crippen LogP contribution in [-0.2, 0) is 6.54 Å². The Labute approximate surface area is 217 Å². The number of benzene rings is 1. The first-order chi connectivity index (χ1) is 15.7. The van der Waals surface area contributed by atoms with Crippen molar-refractivity contribution in [2.24, 2.45) is 10.9 Å². The molecule has 1 aliphatic carbocycles. The summed E-state index contributed by atoms with van der Waals surface area (Å²) in [6, 6.07) is 8.52. The molecule has 1 aromatic carbocycles. The topological polar surface area (TPSA) is 42.9 Å². The van der Waals surface area contributed by atoms with Crippen molar-refractivity contribution in [3.63, 3.8) is 0 Å². The van der Waals surface area contributed by atoms with Crippen LogP contribution in [0.5, 0.6) is 0 Å². The highest BCUT2D eigenvalue weighted by atomic mass is 127. The number of nitrogens with one attached hydrogen (secondary N) is 2. The average Bonchev–Trinajstić information content (AvgIpc) is 2.85. The molecule has 0 bridgehead atoms. The summed E-state index contributed by atoms with van der Waals surface area (Å²) in [5.41, 5.74) is 0.809. The van der Waals surface area contributed by atoms with Crippen LogP contribution in [-0.4, -0.2) is 67.6 Å². The zero-order chi connectivity index (χ0) is 22.2. The summed E-state index contributed by atoms with van der Waals surface area (Å²) >= 11 is 0. The van der Waals surface area contributed by atoms with Gasteiger partial charge >= 0.3 is 0 Å². The highest BCUT2D eigenvalue weighted by molar-refractivity contribution is 14.0. The Balaban J connectivity index is 0.00000306. The van der Waals surface area contributed by atoms with E-state index in [0.29, 0.717) is 12.0 Å². The molecule has 0 aromatic heterocycles. The molecule has 186 valence electrons. The SMILES string of the molecule is CN=C(NCC1CCN(Cc2ccccc2F)CC1)NC1CCN(C2CCCCC2)CC1.I. The molecule has 1 saturated carbocycles. The van der Waals surface area contributed by atoms with Crippen LogP contribution < -0.4 is 10.6 Å². The molecule has 4 rings (SSSR count). The average molecular weight is 572 g/mol. The number of hydrogen-bond acceptors (Lipinski definition) is 3. The molecule has 5 nitrogen and oxygen atoms in total. The Morgan fingerprint density at radius 2 is 1.67 bits per heavy atom. The molecule has 2 aliphatic heterocycles. The quantitative estimate of drug-likeness (QED) is 0.297. The number of nitrogens with zero attached hydrogens (tertiary/aromatic N) is 3. The molecule has 1 aromatic rings. The Hall–Kier alpha value is -0.930. The Bertz CT molecular complexity index is 723. The number of rotatable bonds is 6. The highest BCUT2D eigenvalue weighted by Crippen LogP contribution is 2.25. The molecule has 0 atom stereocenters. The monoisotopic (exact) mass is 571 g/mol. The smallest absolute Gasteiger partial charge is 0.191 e. The Morgan fingerprint density at radius 1 is 0.970 bits per heavy atom. The van der Waals surface area contributed by atoms with Crippen molar-refractivity contribution in [1.82, 2.24) is 20.4 Å². The molecule has 3 aliphatic rings. The van der Waals surface area contributed by atoms with E-state index in [1.54, 1.807) is 12.1 Å². The van der Waals surface area contributed by atoms with Gasteiger partial charge in [0.05, 0.1) is 0 Å². The van der Waals surface area contributed by atoms with E-state index in [1.807, 2.05) is 19.2 Å². The van der Waals surface area contributed by atoms with E-state index < -0.39 is 0 Å². The van der Waals surface area contributed by atoms with Gasteiger partial charge in [0, 0.05) is 50.9 Å². The van der Waals surface area contributed by atoms with Crippen molar-refractivity contribution < 1.29 is 4.39 Å². The number of halogens is 2. The number of hydrogen-bond donors (Lipinski definition) is 2. The number of aliphatic imine (C=N–C) groups is 1. The van der Waals surface area contributed by atoms with Crippen LogP contribution in [0.1, 0.15) is 63.4 Å². The van der Waals surface area contributed by atoms with E-state index in [-0.39, 0.29) is 29.8 Å². The maximum atomic E-state index is 13.9. The van der Waals surface area contributed by atoms with Gasteiger partial charge in [-0.25, -0.2) is 4.39 Å². The molecule has 0 radical (unpaired) electrons. The summed E-state index contributed by atoms with van der Waals surface area (Å²) in [6.45, 7) is 6.20. The number of piperidine rings is 2. The van der Waals surface area contributed by atoms with Crippen LogP contribution in [0.25, 0.3) is 0 Å². The van der Waals surface area contributed by atoms with Crippen LogP contribution in [0.15, 0.2) is 29.3 Å². The third kappa shape index (κ3) is 8.06. The minimum Gasteiger partial charge on any atom is -0.356 e. The largest absolute Gasteiger partial charge is 0.356 e. The Kier molecular flexibility index (Phi) is 11.2. The second-order valence-electron chi connectivity index (χ2n) is 10.0. The van der Waals surface area contributed by atoms with E-state index in [4.69, 9.17) is 0 Å². The fourth-order valence-corrected chi connectivity index (χ4v) is 5.70. The molecule has 2 N–H and O–H groups in total. The predicted molar refractivity (Wildman–Crippen MR) is 146 cm³/mol. The number of guanidine groups is 1. The first-order valence-electron chi connectivity index (χ1n) is 12.9. The summed E-state index contributed by atoms with van der Waals surface area (Å²) in [5.74, 6) is 1.52. The lowest BCUT2D eigenvalue weighted by molar-refractivity contribution is 0.119. The molecule has 0 unspecified atom stereocenters. The second-order valence-corrected chi connectivity index (χ2v) is 10.0. The second kappa shape index (κ2) is 13.8. The lowest BCUT2D eigenvalue weighted by atomic mass is 9.92. The molecular formula is C26H43FIN5. The van der Waals surface area contributed by atoms with Crippen molar-refractivity contribution in [2.75, 3.05) is 39.8 Å². The van der Waals surface area contributed by atoms with Gasteiger partial charge in [0.25, 0.3) is 0 Å². The minimum absolute atomic E-state index is 0. The first-order valence-corrected chi connectivity index (χ1v) is 12.9. The van der Waals surface area contributed by atoms with Crippen molar-refractivity contribution >= 4 is 29.9 Å². The van der Waals surface area contributed by atoms with Crippen molar-refractivity contribution in [3.8, 4) is 0 Å². The third-order valence-electron chi connectivity index (χ3n) is 7.80. The van der Waals surface area contributed by atoms with Crippen LogP contribution in [0, 0.1) is 11.7 Å². The summed E-state index contributed by atoms with van der Waals surface area (Å²) < 4.78 is 13.9. The van der Waals surface area contributed by atoms with Crippen molar-refractivity contribution in [3.05, 3.63) is 35.6 Å². The standard InChI is InChI=1S/C26H42FN5.HI/c1-28-26(30-23-13-17-32(18-14-23)24-8-3-2-4-9-24)29-19-21-11-15-31(16-12-21)20-22-7-5-6-10-25(22)27;/h5-7,10,21,23-24H,2-4,8-9,11-20H2,1H3,(H2,28,29,30);1H. The van der Waals surface area contributed by atoms with Gasteiger partial charge in [0.2, 0.25) is 0 Å². The van der Waals surface area contributed by atoms with Gasteiger partial charge in [-0.2, -0.15) is 0 Å². The van der Waals surface area contributed by atoms with E-state index >= 15 is 0 Å². The van der Waals surface area contributed by atoms with E-state index in [0.717, 1.165) is 56.6 Å². The van der Waals surface area contributed by atoms with E-state index in [2.05, 4.69) is 25.4 Å². The van der Waals surface area contributed by atoms with Crippen LogP contribution in [0.4, 0.5) is 4.39 Å². The normalized spacial score (nSPS) is 22.7. The first kappa shape index (κ1) is 26.7. The molecule has 0 spiro atoms. The summed E-state index contributed by atoms with van der Waals surface area (Å²) in [6.07, 6.45) is 11.8. The lowest BCUT2D eigenvalue weighted by Gasteiger charge is -2.39. The maximum Gasteiger partial charge on any atom is 0.191 e. The van der Waals surface area contributed by atoms with Gasteiger partial charge in [-0.3, -0.25) is 9.89 Å². The van der Waals surface area contributed by atoms with Gasteiger partial charge in [0.1, 0.15) is 5.82 Å². The van der Waals surface area contributed by atoms with Gasteiger partial charge in [-0.1, -0.05) is 37.5 Å². The van der Waals surface area contributed by atoms with Gasteiger partial charge in [-0.05, 0) is 63.6 Å². The van der Waals surface area contributed by atoms with Gasteiger partial charge in [-0.15, -0.1) is 24.0 Å². The third-order valence-corrected chi connectivity index (χ3v) is 7.80. The zero-order valence-corrected chi connectivity index (χ0v) is 22.6.